The second-order valence-electron chi connectivity index (χ2n) is 7.06. The van der Waals surface area contributed by atoms with E-state index >= 15 is 0 Å². The highest BCUT2D eigenvalue weighted by atomic mass is 35.5. The Morgan fingerprint density at radius 2 is 1.73 bits per heavy atom. The predicted molar refractivity (Wildman–Crippen MR) is 124 cm³/mol. The quantitative estimate of drug-likeness (QED) is 0.393. The summed E-state index contributed by atoms with van der Waals surface area (Å²) in [5, 5.41) is 7.79. The lowest BCUT2D eigenvalue weighted by molar-refractivity contribution is 0.102. The van der Waals surface area contributed by atoms with Crippen molar-refractivity contribution in [3.05, 3.63) is 94.6 Å². The van der Waals surface area contributed by atoms with Gasteiger partial charge in [-0.3, -0.25) is 9.78 Å². The van der Waals surface area contributed by atoms with Crippen LogP contribution in [0.25, 0.3) is 10.9 Å². The number of nitrogens with one attached hydrogen (secondary N) is 2. The van der Waals surface area contributed by atoms with Gasteiger partial charge in [0.15, 0.2) is 0 Å². The molecule has 150 valence electrons. The van der Waals surface area contributed by atoms with Crippen molar-refractivity contribution in [1.82, 2.24) is 4.98 Å². The van der Waals surface area contributed by atoms with Crippen LogP contribution in [0.2, 0.25) is 5.02 Å². The lowest BCUT2D eigenvalue weighted by Gasteiger charge is -2.13. The summed E-state index contributed by atoms with van der Waals surface area (Å²) >= 11 is 5.93. The number of carbonyl (C=O) groups excluding carboxylic acids is 1. The minimum absolute atomic E-state index is 0.179. The molecule has 0 radical (unpaired) electrons. The number of fused-ring (bicyclic) bond motifs is 1. The third-order valence-corrected chi connectivity index (χ3v) is 5.07. The molecule has 0 aliphatic rings. The Kier molecular flexibility index (Phi) is 5.55. The number of rotatable bonds is 5. The summed E-state index contributed by atoms with van der Waals surface area (Å²) in [6, 6.07) is 22.3. The van der Waals surface area contributed by atoms with Crippen LogP contribution in [0.5, 0.6) is 0 Å². The zero-order chi connectivity index (χ0) is 21.1. The van der Waals surface area contributed by atoms with E-state index in [1.54, 1.807) is 0 Å². The summed E-state index contributed by atoms with van der Waals surface area (Å²) in [4.78, 5) is 17.4. The molecule has 1 aromatic heterocycles. The van der Waals surface area contributed by atoms with E-state index in [0.717, 1.165) is 27.8 Å². The first-order chi connectivity index (χ1) is 14.5. The summed E-state index contributed by atoms with van der Waals surface area (Å²) in [7, 11) is 0. The Morgan fingerprint density at radius 1 is 1.00 bits per heavy atom. The van der Waals surface area contributed by atoms with E-state index in [-0.39, 0.29) is 5.91 Å². The molecule has 1 heterocycles. The van der Waals surface area contributed by atoms with Gasteiger partial charge in [-0.1, -0.05) is 29.8 Å². The van der Waals surface area contributed by atoms with Crippen molar-refractivity contribution in [3.63, 3.8) is 0 Å². The van der Waals surface area contributed by atoms with Crippen LogP contribution in [0.15, 0.2) is 72.8 Å². The number of benzene rings is 3. The van der Waals surface area contributed by atoms with Crippen molar-refractivity contribution in [3.8, 4) is 0 Å². The van der Waals surface area contributed by atoms with E-state index in [0.29, 0.717) is 28.5 Å². The van der Waals surface area contributed by atoms with Crippen molar-refractivity contribution >= 4 is 45.5 Å². The minimum Gasteiger partial charge on any atom is -0.398 e. The third-order valence-electron chi connectivity index (χ3n) is 4.82. The van der Waals surface area contributed by atoms with Gasteiger partial charge < -0.3 is 16.4 Å². The van der Waals surface area contributed by atoms with Gasteiger partial charge in [0.05, 0.1) is 5.52 Å². The number of nitrogens with zero attached hydrogens (tertiary/aromatic N) is 1. The summed E-state index contributed by atoms with van der Waals surface area (Å²) in [5.74, 6) is -0.179. The zero-order valence-corrected chi connectivity index (χ0v) is 17.2. The maximum absolute atomic E-state index is 13.0. The van der Waals surface area contributed by atoms with Crippen LogP contribution in [0.4, 0.5) is 17.1 Å². The number of hydrogen-bond donors (Lipinski definition) is 3. The average molecular weight is 417 g/mol. The van der Waals surface area contributed by atoms with Crippen LogP contribution in [-0.2, 0) is 6.54 Å². The topological polar surface area (TPSA) is 80.0 Å². The summed E-state index contributed by atoms with van der Waals surface area (Å²) in [6.07, 6.45) is 0. The average Bonchev–Trinajstić information content (AvgIpc) is 2.74. The van der Waals surface area contributed by atoms with E-state index in [1.165, 1.54) is 0 Å². The minimum atomic E-state index is -0.179. The molecule has 30 heavy (non-hydrogen) atoms. The second kappa shape index (κ2) is 8.43. The van der Waals surface area contributed by atoms with Crippen LogP contribution in [0, 0.1) is 6.92 Å². The number of halogens is 1. The van der Waals surface area contributed by atoms with Crippen LogP contribution in [0.1, 0.15) is 21.6 Å². The van der Waals surface area contributed by atoms with Gasteiger partial charge in [-0.05, 0) is 67.1 Å². The highest BCUT2D eigenvalue weighted by Gasteiger charge is 2.12. The fourth-order valence-electron chi connectivity index (χ4n) is 3.33. The van der Waals surface area contributed by atoms with Crippen molar-refractivity contribution in [1.29, 1.82) is 0 Å². The molecule has 0 fully saturated rings. The Hall–Kier alpha value is -3.57. The van der Waals surface area contributed by atoms with Crippen molar-refractivity contribution in [2.75, 3.05) is 16.4 Å². The molecule has 4 N–H and O–H groups in total. The SMILES string of the molecule is Cc1cc(N)c2cc(NC(=O)c3ccccc3CNc3ccc(Cl)cc3)ccc2n1. The smallest absolute Gasteiger partial charge is 0.256 e. The maximum atomic E-state index is 13.0. The molecular formula is C24H21ClN4O. The highest BCUT2D eigenvalue weighted by molar-refractivity contribution is 6.30. The third kappa shape index (κ3) is 4.36. The number of hydrogen-bond acceptors (Lipinski definition) is 4. The van der Waals surface area contributed by atoms with Gasteiger partial charge in [0.2, 0.25) is 0 Å². The number of nitrogens with two attached hydrogens (primary N) is 1. The Balaban J connectivity index is 1.53. The van der Waals surface area contributed by atoms with Gasteiger partial charge in [0, 0.05) is 45.3 Å². The Morgan fingerprint density at radius 3 is 2.53 bits per heavy atom. The number of aromatic nitrogens is 1. The molecule has 0 saturated heterocycles. The van der Waals surface area contributed by atoms with Crippen LogP contribution in [-0.4, -0.2) is 10.9 Å². The molecule has 3 aromatic carbocycles. The molecule has 4 aromatic rings. The second-order valence-corrected chi connectivity index (χ2v) is 7.49. The predicted octanol–water partition coefficient (Wildman–Crippen LogP) is 5.64. The fraction of sp³-hybridized carbons (Fsp3) is 0.0833. The van der Waals surface area contributed by atoms with E-state index in [2.05, 4.69) is 15.6 Å². The summed E-state index contributed by atoms with van der Waals surface area (Å²) in [6.45, 7) is 2.42. The van der Waals surface area contributed by atoms with Crippen molar-refractivity contribution in [2.24, 2.45) is 0 Å². The van der Waals surface area contributed by atoms with Crippen molar-refractivity contribution in [2.45, 2.75) is 13.5 Å². The van der Waals surface area contributed by atoms with E-state index < -0.39 is 0 Å². The van der Waals surface area contributed by atoms with Gasteiger partial charge in [-0.2, -0.15) is 0 Å². The largest absolute Gasteiger partial charge is 0.398 e. The number of aryl methyl sites for hydroxylation is 1. The monoisotopic (exact) mass is 416 g/mol. The van der Waals surface area contributed by atoms with Crippen molar-refractivity contribution < 1.29 is 4.79 Å². The van der Waals surface area contributed by atoms with Gasteiger partial charge in [-0.25, -0.2) is 0 Å². The number of amides is 1. The molecule has 0 spiro atoms. The standard InChI is InChI=1S/C24H21ClN4O/c1-15-12-22(26)21-13-19(10-11-23(21)28-15)29-24(30)20-5-3-2-4-16(20)14-27-18-8-6-17(25)7-9-18/h2-13,27H,14H2,1H3,(H2,26,28)(H,29,30). The molecule has 1 amide bonds. The van der Waals surface area contributed by atoms with Gasteiger partial charge in [0.25, 0.3) is 5.91 Å². The number of anilines is 3. The van der Waals surface area contributed by atoms with E-state index in [4.69, 9.17) is 17.3 Å². The van der Waals surface area contributed by atoms with Crippen LogP contribution >= 0.6 is 11.6 Å². The van der Waals surface area contributed by atoms with Gasteiger partial charge >= 0.3 is 0 Å². The highest BCUT2D eigenvalue weighted by Crippen LogP contribution is 2.25. The number of nitrogen functional groups attached to an aromatic ring is 1. The number of pyridine rings is 1. The molecule has 5 nitrogen and oxygen atoms in total. The molecule has 0 saturated carbocycles. The Labute approximate surface area is 179 Å². The molecule has 6 heteroatoms. The summed E-state index contributed by atoms with van der Waals surface area (Å²) in [5.41, 5.74) is 11.5. The van der Waals surface area contributed by atoms with Crippen LogP contribution in [0.3, 0.4) is 0 Å². The lowest BCUT2D eigenvalue weighted by atomic mass is 10.1. The summed E-state index contributed by atoms with van der Waals surface area (Å²) < 4.78 is 0. The molecular weight excluding hydrogens is 396 g/mol. The molecule has 0 atom stereocenters. The van der Waals surface area contributed by atoms with E-state index in [1.807, 2.05) is 79.7 Å². The first kappa shape index (κ1) is 19.7. The normalized spacial score (nSPS) is 10.7. The maximum Gasteiger partial charge on any atom is 0.256 e. The first-order valence-corrected chi connectivity index (χ1v) is 9.93. The molecule has 0 aliphatic carbocycles. The molecule has 0 aliphatic heterocycles. The molecule has 0 unspecified atom stereocenters. The molecule has 4 rings (SSSR count). The first-order valence-electron chi connectivity index (χ1n) is 9.55. The fourth-order valence-corrected chi connectivity index (χ4v) is 3.45. The van der Waals surface area contributed by atoms with Gasteiger partial charge in [0.1, 0.15) is 0 Å². The lowest BCUT2D eigenvalue weighted by Crippen LogP contribution is -2.15. The van der Waals surface area contributed by atoms with Crippen LogP contribution < -0.4 is 16.4 Å². The molecule has 0 bridgehead atoms. The van der Waals surface area contributed by atoms with Gasteiger partial charge in [-0.15, -0.1) is 0 Å². The Bertz CT molecular complexity index is 1220. The number of carbonyl (C=O) groups is 1. The zero-order valence-electron chi connectivity index (χ0n) is 16.4. The van der Waals surface area contributed by atoms with E-state index in [9.17, 15) is 4.79 Å².